The number of hydrogen-bond acceptors (Lipinski definition) is 4. The summed E-state index contributed by atoms with van der Waals surface area (Å²) < 4.78 is 0. The number of primary amides is 1. The molecule has 0 saturated heterocycles. The summed E-state index contributed by atoms with van der Waals surface area (Å²) in [5.41, 5.74) is 6.26. The fourth-order valence-electron chi connectivity index (χ4n) is 2.75. The van der Waals surface area contributed by atoms with E-state index in [4.69, 9.17) is 10.8 Å². The lowest BCUT2D eigenvalue weighted by atomic mass is 10.1. The number of aliphatic carboxylic acids is 1. The van der Waals surface area contributed by atoms with Crippen LogP contribution in [0.2, 0.25) is 0 Å². The van der Waals surface area contributed by atoms with Crippen molar-refractivity contribution in [3.63, 3.8) is 0 Å². The number of unbranched alkanes of at least 4 members (excludes halogenated alkanes) is 4. The van der Waals surface area contributed by atoms with Crippen molar-refractivity contribution < 1.29 is 19.5 Å². The van der Waals surface area contributed by atoms with E-state index in [0.29, 0.717) is 24.1 Å². The van der Waals surface area contributed by atoms with Crippen molar-refractivity contribution in [1.29, 1.82) is 0 Å². The predicted octanol–water partition coefficient (Wildman–Crippen LogP) is 2.86. The largest absolute Gasteiger partial charge is 0.481 e. The third-order valence-electron chi connectivity index (χ3n) is 4.33. The maximum Gasteiger partial charge on any atom is 0.303 e. The number of nitrogens with one attached hydrogen (secondary N) is 1. The molecular weight excluding hydrogens is 346 g/mol. The number of rotatable bonds is 14. The molecule has 150 valence electrons. The molecule has 0 spiro atoms. The van der Waals surface area contributed by atoms with Gasteiger partial charge in [-0.1, -0.05) is 19.3 Å². The van der Waals surface area contributed by atoms with Gasteiger partial charge in [-0.25, -0.2) is 0 Å². The average Bonchev–Trinajstić information content (AvgIpc) is 2.61. The van der Waals surface area contributed by atoms with E-state index in [-0.39, 0.29) is 12.3 Å². The number of hydrogen-bond donors (Lipinski definition) is 3. The van der Waals surface area contributed by atoms with Gasteiger partial charge in [0.25, 0.3) is 0 Å². The molecule has 0 bridgehead atoms. The molecule has 0 radical (unpaired) electrons. The number of carbonyl (C=O) groups is 3. The molecule has 1 rings (SSSR count). The van der Waals surface area contributed by atoms with Crippen LogP contribution < -0.4 is 11.1 Å². The van der Waals surface area contributed by atoms with E-state index in [1.165, 1.54) is 0 Å². The first-order chi connectivity index (χ1) is 12.9. The van der Waals surface area contributed by atoms with Crippen molar-refractivity contribution in [3.8, 4) is 0 Å². The van der Waals surface area contributed by atoms with Crippen LogP contribution in [-0.2, 0) is 9.59 Å². The SMILES string of the molecule is CN(CCCCCCCC(=O)Nc1ccc(C(N)=O)cc1)CCCC(=O)O. The summed E-state index contributed by atoms with van der Waals surface area (Å²) in [5.74, 6) is -1.26. The Hall–Kier alpha value is -2.41. The predicted molar refractivity (Wildman–Crippen MR) is 106 cm³/mol. The minimum absolute atomic E-state index is 0.0278. The van der Waals surface area contributed by atoms with E-state index >= 15 is 0 Å². The van der Waals surface area contributed by atoms with Crippen LogP contribution >= 0.6 is 0 Å². The van der Waals surface area contributed by atoms with E-state index in [0.717, 1.165) is 45.2 Å². The lowest BCUT2D eigenvalue weighted by Crippen LogP contribution is -2.21. The van der Waals surface area contributed by atoms with Crippen molar-refractivity contribution in [2.75, 3.05) is 25.5 Å². The quantitative estimate of drug-likeness (QED) is 0.432. The van der Waals surface area contributed by atoms with Gasteiger partial charge in [0.15, 0.2) is 0 Å². The molecule has 0 aliphatic carbocycles. The number of carboxylic acid groups (broad SMARTS) is 1. The van der Waals surface area contributed by atoms with Crippen LogP contribution in [0.3, 0.4) is 0 Å². The second-order valence-corrected chi connectivity index (χ2v) is 6.81. The van der Waals surface area contributed by atoms with Crippen LogP contribution in [0.25, 0.3) is 0 Å². The first kappa shape index (κ1) is 22.6. The minimum Gasteiger partial charge on any atom is -0.481 e. The zero-order valence-electron chi connectivity index (χ0n) is 16.1. The standard InChI is InChI=1S/C20H31N3O4/c1-23(15-7-9-19(25)26)14-6-4-2-3-5-8-18(24)22-17-12-10-16(11-13-17)20(21)27/h10-13H,2-9,14-15H2,1H3,(H2,21,27)(H,22,24)(H,25,26). The smallest absolute Gasteiger partial charge is 0.303 e. The highest BCUT2D eigenvalue weighted by molar-refractivity contribution is 5.94. The summed E-state index contributed by atoms with van der Waals surface area (Å²) in [7, 11) is 2.02. The molecule has 1 aromatic carbocycles. The minimum atomic E-state index is -0.741. The zero-order chi connectivity index (χ0) is 20.1. The molecule has 7 heteroatoms. The second-order valence-electron chi connectivity index (χ2n) is 6.81. The summed E-state index contributed by atoms with van der Waals surface area (Å²) in [5, 5.41) is 11.4. The second kappa shape index (κ2) is 12.9. The van der Waals surface area contributed by atoms with E-state index in [9.17, 15) is 14.4 Å². The van der Waals surface area contributed by atoms with Gasteiger partial charge in [-0.2, -0.15) is 0 Å². The number of amides is 2. The van der Waals surface area contributed by atoms with Gasteiger partial charge in [-0.15, -0.1) is 0 Å². The van der Waals surface area contributed by atoms with Crippen molar-refractivity contribution in [2.24, 2.45) is 5.73 Å². The number of carbonyl (C=O) groups excluding carboxylic acids is 2. The third-order valence-corrected chi connectivity index (χ3v) is 4.33. The van der Waals surface area contributed by atoms with Crippen molar-refractivity contribution in [1.82, 2.24) is 4.90 Å². The maximum absolute atomic E-state index is 11.9. The van der Waals surface area contributed by atoms with Gasteiger partial charge < -0.3 is 21.1 Å². The molecule has 0 aromatic heterocycles. The zero-order valence-corrected chi connectivity index (χ0v) is 16.1. The van der Waals surface area contributed by atoms with Crippen LogP contribution in [0.4, 0.5) is 5.69 Å². The number of anilines is 1. The van der Waals surface area contributed by atoms with Gasteiger partial charge in [-0.05, 0) is 63.7 Å². The Balaban J connectivity index is 2.03. The molecule has 1 aromatic rings. The van der Waals surface area contributed by atoms with Gasteiger partial charge in [0.05, 0.1) is 0 Å². The lowest BCUT2D eigenvalue weighted by Gasteiger charge is -2.15. The molecule has 4 N–H and O–H groups in total. The highest BCUT2D eigenvalue weighted by Crippen LogP contribution is 2.11. The van der Waals surface area contributed by atoms with E-state index in [1.54, 1.807) is 24.3 Å². The van der Waals surface area contributed by atoms with Crippen molar-refractivity contribution in [2.45, 2.75) is 51.4 Å². The summed E-state index contributed by atoms with van der Waals surface area (Å²) in [6, 6.07) is 6.53. The molecule has 0 saturated carbocycles. The van der Waals surface area contributed by atoms with Gasteiger partial charge >= 0.3 is 5.97 Å². The summed E-state index contributed by atoms with van der Waals surface area (Å²) in [6.07, 6.45) is 6.53. The third kappa shape index (κ3) is 11.0. The van der Waals surface area contributed by atoms with Crippen LogP contribution in [-0.4, -0.2) is 47.9 Å². The van der Waals surface area contributed by atoms with Gasteiger partial charge in [0.1, 0.15) is 0 Å². The molecule has 0 atom stereocenters. The lowest BCUT2D eigenvalue weighted by molar-refractivity contribution is -0.137. The Bertz CT molecular complexity index is 602. The summed E-state index contributed by atoms with van der Waals surface area (Å²) in [4.78, 5) is 35.5. The Morgan fingerprint density at radius 2 is 1.52 bits per heavy atom. The first-order valence-corrected chi connectivity index (χ1v) is 9.48. The topological polar surface area (TPSA) is 113 Å². The fraction of sp³-hybridized carbons (Fsp3) is 0.550. The maximum atomic E-state index is 11.9. The van der Waals surface area contributed by atoms with Crippen LogP contribution in [0, 0.1) is 0 Å². The molecule has 0 heterocycles. The van der Waals surface area contributed by atoms with Crippen LogP contribution in [0.15, 0.2) is 24.3 Å². The number of benzene rings is 1. The molecule has 7 nitrogen and oxygen atoms in total. The van der Waals surface area contributed by atoms with E-state index in [2.05, 4.69) is 10.2 Å². The molecule has 0 unspecified atom stereocenters. The fourth-order valence-corrected chi connectivity index (χ4v) is 2.75. The number of nitrogens with zero attached hydrogens (tertiary/aromatic N) is 1. The Labute approximate surface area is 160 Å². The molecule has 27 heavy (non-hydrogen) atoms. The Morgan fingerprint density at radius 3 is 2.15 bits per heavy atom. The summed E-state index contributed by atoms with van der Waals surface area (Å²) >= 11 is 0. The van der Waals surface area contributed by atoms with Gasteiger partial charge in [-0.3, -0.25) is 14.4 Å². The van der Waals surface area contributed by atoms with E-state index in [1.807, 2.05) is 7.05 Å². The molecule has 0 aliphatic rings. The molecule has 0 fully saturated rings. The number of carboxylic acids is 1. The van der Waals surface area contributed by atoms with E-state index < -0.39 is 11.9 Å². The average molecular weight is 377 g/mol. The van der Waals surface area contributed by atoms with Gasteiger partial charge in [0.2, 0.25) is 11.8 Å². The first-order valence-electron chi connectivity index (χ1n) is 9.48. The molecule has 2 amide bonds. The summed E-state index contributed by atoms with van der Waals surface area (Å²) in [6.45, 7) is 1.79. The van der Waals surface area contributed by atoms with Crippen molar-refractivity contribution >= 4 is 23.5 Å². The molecule has 0 aliphatic heterocycles. The number of nitrogens with two attached hydrogens (primary N) is 1. The highest BCUT2D eigenvalue weighted by atomic mass is 16.4. The highest BCUT2D eigenvalue weighted by Gasteiger charge is 2.05. The van der Waals surface area contributed by atoms with Crippen molar-refractivity contribution in [3.05, 3.63) is 29.8 Å². The Morgan fingerprint density at radius 1 is 0.926 bits per heavy atom. The Kier molecular flexibility index (Phi) is 10.8. The van der Waals surface area contributed by atoms with Gasteiger partial charge in [0, 0.05) is 24.1 Å². The normalized spacial score (nSPS) is 10.7. The monoisotopic (exact) mass is 377 g/mol. The van der Waals surface area contributed by atoms with Crippen LogP contribution in [0.1, 0.15) is 61.7 Å². The van der Waals surface area contributed by atoms with Crippen LogP contribution in [0.5, 0.6) is 0 Å². The molecular formula is C20H31N3O4.